The van der Waals surface area contributed by atoms with Crippen molar-refractivity contribution in [3.8, 4) is 0 Å². The molecule has 1 saturated heterocycles. The fourth-order valence-electron chi connectivity index (χ4n) is 5.41. The second-order valence-corrected chi connectivity index (χ2v) is 9.55. The smallest absolute Gasteiger partial charge is 0.359 e. The molecule has 1 fully saturated rings. The summed E-state index contributed by atoms with van der Waals surface area (Å²) in [5, 5.41) is 2.77. The average molecular weight is 445 g/mol. The summed E-state index contributed by atoms with van der Waals surface area (Å²) in [6, 6.07) is 5.96. The van der Waals surface area contributed by atoms with Gasteiger partial charge in [0.15, 0.2) is 0 Å². The molecule has 32 heavy (non-hydrogen) atoms. The maximum absolute atomic E-state index is 12.6. The highest BCUT2D eigenvalue weighted by Gasteiger charge is 2.52. The predicted octanol–water partition coefficient (Wildman–Crippen LogP) is 5.41. The van der Waals surface area contributed by atoms with Crippen LogP contribution < -0.4 is 10.2 Å². The number of fused-ring (bicyclic) bond motifs is 3. The van der Waals surface area contributed by atoms with Gasteiger partial charge >= 0.3 is 12.2 Å². The Bertz CT molecular complexity index is 814. The number of nitrogens with zero attached hydrogens (tertiary/aromatic N) is 3. The number of likely N-dealkylation sites (N-methyl/N-ethyl adjacent to an activating group) is 2. The highest BCUT2D eigenvalue weighted by atomic mass is 16.6. The Labute approximate surface area is 193 Å². The van der Waals surface area contributed by atoms with Crippen LogP contribution in [0, 0.1) is 0 Å². The molecule has 178 valence electrons. The van der Waals surface area contributed by atoms with Gasteiger partial charge in [-0.3, -0.25) is 10.2 Å². The summed E-state index contributed by atoms with van der Waals surface area (Å²) < 4.78 is 5.13. The molecule has 0 aromatic heterocycles. The van der Waals surface area contributed by atoms with E-state index in [-0.39, 0.29) is 5.41 Å². The standard InChI is InChI=1S/C25H40N4O3/c1-6-8-9-10-11-16-29(15-7-2)24(31)32-23(30)26-19-12-13-21-20(18-19)25(3)14-17-27(4)22(25)28(21)5/h12-13,18,22H,6-11,14-17H2,1-5H3,(H,26,30)/t22-,25-/m0/s1. The molecule has 2 heterocycles. The summed E-state index contributed by atoms with van der Waals surface area (Å²) in [6.07, 6.45) is 6.54. The lowest BCUT2D eigenvalue weighted by Gasteiger charge is -2.32. The van der Waals surface area contributed by atoms with Crippen LogP contribution in [0.5, 0.6) is 0 Å². The molecule has 0 bridgehead atoms. The van der Waals surface area contributed by atoms with E-state index in [0.29, 0.717) is 24.9 Å². The molecule has 7 heteroatoms. The number of anilines is 2. The van der Waals surface area contributed by atoms with Crippen molar-refractivity contribution in [1.29, 1.82) is 0 Å². The largest absolute Gasteiger partial charge is 0.420 e. The zero-order valence-corrected chi connectivity index (χ0v) is 20.4. The number of benzene rings is 1. The van der Waals surface area contributed by atoms with E-state index in [0.717, 1.165) is 32.2 Å². The Morgan fingerprint density at radius 2 is 1.88 bits per heavy atom. The maximum Gasteiger partial charge on any atom is 0.420 e. The lowest BCUT2D eigenvalue weighted by atomic mass is 9.81. The number of ether oxygens (including phenoxy) is 1. The molecular formula is C25H40N4O3. The minimum Gasteiger partial charge on any atom is -0.359 e. The topological polar surface area (TPSA) is 65.1 Å². The van der Waals surface area contributed by atoms with Crippen molar-refractivity contribution in [3.05, 3.63) is 23.8 Å². The average Bonchev–Trinajstić information content (AvgIpc) is 3.18. The van der Waals surface area contributed by atoms with E-state index in [9.17, 15) is 9.59 Å². The van der Waals surface area contributed by atoms with Gasteiger partial charge in [-0.25, -0.2) is 9.59 Å². The predicted molar refractivity (Wildman–Crippen MR) is 129 cm³/mol. The van der Waals surface area contributed by atoms with E-state index < -0.39 is 12.2 Å². The van der Waals surface area contributed by atoms with E-state index in [1.807, 2.05) is 25.1 Å². The second kappa shape index (κ2) is 10.6. The molecule has 1 aromatic rings. The summed E-state index contributed by atoms with van der Waals surface area (Å²) in [5.74, 6) is 0. The number of rotatable bonds is 9. The van der Waals surface area contributed by atoms with Gasteiger partial charge in [-0.2, -0.15) is 0 Å². The first-order valence-corrected chi connectivity index (χ1v) is 12.2. The Morgan fingerprint density at radius 3 is 2.59 bits per heavy atom. The number of carbonyl (C=O) groups excluding carboxylic acids is 2. The number of amides is 2. The van der Waals surface area contributed by atoms with Crippen molar-refractivity contribution in [2.75, 3.05) is 43.9 Å². The van der Waals surface area contributed by atoms with Crippen molar-refractivity contribution >= 4 is 23.6 Å². The molecule has 3 rings (SSSR count). The van der Waals surface area contributed by atoms with Gasteiger partial charge in [-0.15, -0.1) is 0 Å². The monoisotopic (exact) mass is 444 g/mol. The number of hydrogen-bond donors (Lipinski definition) is 1. The third-order valence-corrected chi connectivity index (χ3v) is 7.04. The van der Waals surface area contributed by atoms with E-state index >= 15 is 0 Å². The van der Waals surface area contributed by atoms with Crippen molar-refractivity contribution in [1.82, 2.24) is 9.80 Å². The van der Waals surface area contributed by atoms with Crippen LogP contribution in [0.1, 0.15) is 71.3 Å². The van der Waals surface area contributed by atoms with Crippen LogP contribution in [0.3, 0.4) is 0 Å². The van der Waals surface area contributed by atoms with Crippen molar-refractivity contribution < 1.29 is 14.3 Å². The Hall–Kier alpha value is -2.28. The summed E-state index contributed by atoms with van der Waals surface area (Å²) in [5.41, 5.74) is 3.11. The zero-order valence-electron chi connectivity index (χ0n) is 20.4. The van der Waals surface area contributed by atoms with Gasteiger partial charge in [0, 0.05) is 43.5 Å². The van der Waals surface area contributed by atoms with E-state index in [4.69, 9.17) is 4.74 Å². The van der Waals surface area contributed by atoms with Crippen molar-refractivity contribution in [3.63, 3.8) is 0 Å². The zero-order chi connectivity index (χ0) is 23.3. The molecule has 0 radical (unpaired) electrons. The number of nitrogens with one attached hydrogen (secondary N) is 1. The van der Waals surface area contributed by atoms with E-state index in [1.165, 1.54) is 30.5 Å². The van der Waals surface area contributed by atoms with Crippen molar-refractivity contribution in [2.24, 2.45) is 0 Å². The fourth-order valence-corrected chi connectivity index (χ4v) is 5.41. The molecular weight excluding hydrogens is 404 g/mol. The first-order valence-electron chi connectivity index (χ1n) is 12.2. The van der Waals surface area contributed by atoms with Crippen LogP contribution in [0.2, 0.25) is 0 Å². The third kappa shape index (κ3) is 5.03. The molecule has 2 aliphatic rings. The Balaban J connectivity index is 1.59. The first-order chi connectivity index (χ1) is 15.3. The minimum absolute atomic E-state index is 0.0198. The van der Waals surface area contributed by atoms with Crippen LogP contribution in [-0.4, -0.2) is 61.9 Å². The first kappa shape index (κ1) is 24.4. The molecule has 1 N–H and O–H groups in total. The van der Waals surface area contributed by atoms with Gasteiger partial charge in [-0.05, 0) is 50.1 Å². The van der Waals surface area contributed by atoms with Gasteiger partial charge in [0.25, 0.3) is 0 Å². The minimum atomic E-state index is -0.723. The molecule has 0 saturated carbocycles. The van der Waals surface area contributed by atoms with Crippen LogP contribution in [0.15, 0.2) is 18.2 Å². The highest BCUT2D eigenvalue weighted by Crippen LogP contribution is 2.51. The van der Waals surface area contributed by atoms with E-state index in [1.54, 1.807) is 4.90 Å². The highest BCUT2D eigenvalue weighted by molar-refractivity contribution is 5.93. The number of likely N-dealkylation sites (tertiary alicyclic amines) is 1. The summed E-state index contributed by atoms with van der Waals surface area (Å²) >= 11 is 0. The molecule has 2 amide bonds. The fraction of sp³-hybridized carbons (Fsp3) is 0.680. The van der Waals surface area contributed by atoms with Crippen molar-refractivity contribution in [2.45, 2.75) is 77.3 Å². The number of hydrogen-bond acceptors (Lipinski definition) is 5. The lowest BCUT2D eigenvalue weighted by Crippen LogP contribution is -2.45. The molecule has 2 aliphatic heterocycles. The molecule has 2 atom stereocenters. The molecule has 0 aliphatic carbocycles. The SMILES string of the molecule is CCCCCCCN(CCC)C(=O)OC(=O)Nc1ccc2c(c1)[C@]1(C)CCN(C)[C@H]1N2C. The number of carbonyl (C=O) groups is 2. The molecule has 0 spiro atoms. The van der Waals surface area contributed by atoms with Gasteiger partial charge in [-0.1, -0.05) is 46.5 Å². The van der Waals surface area contributed by atoms with Crippen LogP contribution in [-0.2, 0) is 10.2 Å². The summed E-state index contributed by atoms with van der Waals surface area (Å²) in [4.78, 5) is 31.4. The summed E-state index contributed by atoms with van der Waals surface area (Å²) in [7, 11) is 4.29. The normalized spacial score (nSPS) is 21.9. The summed E-state index contributed by atoms with van der Waals surface area (Å²) in [6.45, 7) is 8.76. The Kier molecular flexibility index (Phi) is 8.04. The second-order valence-electron chi connectivity index (χ2n) is 9.55. The van der Waals surface area contributed by atoms with Gasteiger partial charge in [0.2, 0.25) is 0 Å². The Morgan fingerprint density at radius 1 is 1.12 bits per heavy atom. The molecule has 1 aromatic carbocycles. The maximum atomic E-state index is 12.6. The third-order valence-electron chi connectivity index (χ3n) is 7.04. The van der Waals surface area contributed by atoms with Crippen LogP contribution in [0.25, 0.3) is 0 Å². The lowest BCUT2D eigenvalue weighted by molar-refractivity contribution is 0.123. The quantitative estimate of drug-likeness (QED) is 0.408. The molecule has 7 nitrogen and oxygen atoms in total. The molecule has 0 unspecified atom stereocenters. The van der Waals surface area contributed by atoms with Gasteiger partial charge < -0.3 is 14.5 Å². The van der Waals surface area contributed by atoms with E-state index in [2.05, 4.69) is 43.1 Å². The van der Waals surface area contributed by atoms with Gasteiger partial charge in [0.05, 0.1) is 6.17 Å². The van der Waals surface area contributed by atoms with Crippen LogP contribution >= 0.6 is 0 Å². The van der Waals surface area contributed by atoms with Gasteiger partial charge in [0.1, 0.15) is 0 Å². The van der Waals surface area contributed by atoms with Crippen LogP contribution in [0.4, 0.5) is 21.0 Å². The number of unbranched alkanes of at least 4 members (excludes halogenated alkanes) is 4.